The van der Waals surface area contributed by atoms with Crippen LogP contribution in [0.2, 0.25) is 0 Å². The molecule has 1 saturated heterocycles. The number of aromatic nitrogens is 4. The molecule has 1 aliphatic carbocycles. The standard InChI is InChI=1S/C31H36N6O4/c1-30(2,3)41-29(39)34-26-23-8-6-5-7-21(23)17-31(26)13-15-36(16-14-31)24-18-32-25-27(33-24)37(35-28(25)38)19-20-9-11-22(40-4)12-10-20/h5-12,18,26H,13-17,19H2,1-4H3,(H,34,39)(H,35,38)/t26-/m1/s1. The number of alkyl carbamates (subject to hydrolysis) is 1. The molecule has 1 spiro atoms. The molecule has 1 amide bonds. The minimum atomic E-state index is -0.567. The van der Waals surface area contributed by atoms with Gasteiger partial charge in [-0.1, -0.05) is 36.4 Å². The molecule has 2 N–H and O–H groups in total. The Morgan fingerprint density at radius 1 is 1.12 bits per heavy atom. The Labute approximate surface area is 238 Å². The van der Waals surface area contributed by atoms with Crippen molar-refractivity contribution in [2.45, 2.75) is 58.2 Å². The zero-order chi connectivity index (χ0) is 28.8. The summed E-state index contributed by atoms with van der Waals surface area (Å²) in [5, 5.41) is 6.10. The van der Waals surface area contributed by atoms with Gasteiger partial charge in [0, 0.05) is 18.5 Å². The molecule has 1 aliphatic heterocycles. The lowest BCUT2D eigenvalue weighted by Crippen LogP contribution is -2.48. The van der Waals surface area contributed by atoms with Gasteiger partial charge in [-0.05, 0) is 68.9 Å². The van der Waals surface area contributed by atoms with Gasteiger partial charge in [0.2, 0.25) is 0 Å². The van der Waals surface area contributed by atoms with Crippen LogP contribution in [0.5, 0.6) is 5.75 Å². The number of amides is 1. The van der Waals surface area contributed by atoms with E-state index in [2.05, 4.69) is 38.5 Å². The van der Waals surface area contributed by atoms with Crippen LogP contribution in [0.1, 0.15) is 56.3 Å². The van der Waals surface area contributed by atoms with Gasteiger partial charge in [0.1, 0.15) is 17.2 Å². The lowest BCUT2D eigenvalue weighted by molar-refractivity contribution is 0.0428. The maximum Gasteiger partial charge on any atom is 0.408 e. The summed E-state index contributed by atoms with van der Waals surface area (Å²) in [5.74, 6) is 1.51. The van der Waals surface area contributed by atoms with Crippen molar-refractivity contribution in [3.63, 3.8) is 0 Å². The SMILES string of the molecule is COc1ccc(Cn2[nH]c(=O)c3ncc(N4CCC5(CC4)Cc4ccccc4[C@H]5NC(=O)OC(C)(C)C)nc32)cc1. The topological polar surface area (TPSA) is 114 Å². The quantitative estimate of drug-likeness (QED) is 0.370. The van der Waals surface area contributed by atoms with E-state index in [4.69, 9.17) is 14.5 Å². The molecule has 1 fully saturated rings. The number of hydrogen-bond acceptors (Lipinski definition) is 7. The van der Waals surface area contributed by atoms with Crippen molar-refractivity contribution < 1.29 is 14.3 Å². The van der Waals surface area contributed by atoms with Crippen LogP contribution in [-0.2, 0) is 17.7 Å². The van der Waals surface area contributed by atoms with Crippen molar-refractivity contribution in [2.75, 3.05) is 25.1 Å². The number of piperidine rings is 1. The van der Waals surface area contributed by atoms with Gasteiger partial charge in [0.25, 0.3) is 5.56 Å². The first-order chi connectivity index (χ1) is 19.6. The maximum absolute atomic E-state index is 12.9. The predicted octanol–water partition coefficient (Wildman–Crippen LogP) is 4.59. The average Bonchev–Trinajstić information content (AvgIpc) is 3.41. The van der Waals surface area contributed by atoms with Crippen molar-refractivity contribution in [1.29, 1.82) is 0 Å². The molecule has 41 heavy (non-hydrogen) atoms. The number of nitrogens with zero attached hydrogens (tertiary/aromatic N) is 4. The Morgan fingerprint density at radius 3 is 2.56 bits per heavy atom. The molecule has 0 bridgehead atoms. The zero-order valence-corrected chi connectivity index (χ0v) is 23.9. The minimum Gasteiger partial charge on any atom is -0.497 e. The third kappa shape index (κ3) is 5.26. The van der Waals surface area contributed by atoms with E-state index in [1.165, 1.54) is 11.1 Å². The summed E-state index contributed by atoms with van der Waals surface area (Å²) < 4.78 is 12.6. The number of carbonyl (C=O) groups excluding carboxylic acids is 1. The van der Waals surface area contributed by atoms with Crippen LogP contribution < -0.4 is 20.5 Å². The summed E-state index contributed by atoms with van der Waals surface area (Å²) in [5.41, 5.74) is 3.37. The monoisotopic (exact) mass is 556 g/mol. The van der Waals surface area contributed by atoms with Gasteiger partial charge in [-0.3, -0.25) is 14.6 Å². The van der Waals surface area contributed by atoms with Gasteiger partial charge in [0.15, 0.2) is 11.2 Å². The smallest absolute Gasteiger partial charge is 0.408 e. The fourth-order valence-electron chi connectivity index (χ4n) is 6.22. The molecule has 3 heterocycles. The molecule has 4 aromatic rings. The van der Waals surface area contributed by atoms with Gasteiger partial charge >= 0.3 is 6.09 Å². The molecular formula is C31H36N6O4. The van der Waals surface area contributed by atoms with Crippen molar-refractivity contribution in [3.8, 4) is 5.75 Å². The molecule has 2 aromatic carbocycles. The van der Waals surface area contributed by atoms with Crippen LogP contribution in [0.15, 0.2) is 59.5 Å². The molecule has 1 atom stereocenters. The number of ether oxygens (including phenoxy) is 2. The fraction of sp³-hybridized carbons (Fsp3) is 0.419. The fourth-order valence-corrected chi connectivity index (χ4v) is 6.22. The number of rotatable bonds is 5. The van der Waals surface area contributed by atoms with Gasteiger partial charge in [0.05, 0.1) is 25.9 Å². The molecule has 0 unspecified atom stereocenters. The van der Waals surface area contributed by atoms with Crippen molar-refractivity contribution in [3.05, 3.63) is 81.8 Å². The van der Waals surface area contributed by atoms with Crippen LogP contribution in [-0.4, -0.2) is 51.6 Å². The van der Waals surface area contributed by atoms with E-state index in [0.29, 0.717) is 17.7 Å². The lowest BCUT2D eigenvalue weighted by atomic mass is 9.72. The maximum atomic E-state index is 12.9. The van der Waals surface area contributed by atoms with E-state index in [1.54, 1.807) is 18.0 Å². The number of H-pyrrole nitrogens is 1. The summed E-state index contributed by atoms with van der Waals surface area (Å²) in [6.45, 7) is 7.61. The molecule has 10 nitrogen and oxygen atoms in total. The highest BCUT2D eigenvalue weighted by Crippen LogP contribution is 2.52. The first-order valence-corrected chi connectivity index (χ1v) is 14.0. The first kappa shape index (κ1) is 26.9. The highest BCUT2D eigenvalue weighted by molar-refractivity contribution is 5.71. The summed E-state index contributed by atoms with van der Waals surface area (Å²) >= 11 is 0. The predicted molar refractivity (Wildman–Crippen MR) is 156 cm³/mol. The molecule has 214 valence electrons. The number of fused-ring (bicyclic) bond motifs is 2. The second-order valence-electron chi connectivity index (χ2n) is 12.1. The molecule has 2 aliphatic rings. The van der Waals surface area contributed by atoms with Crippen molar-refractivity contribution in [1.82, 2.24) is 25.1 Å². The Bertz CT molecular complexity index is 1630. The first-order valence-electron chi connectivity index (χ1n) is 14.0. The lowest BCUT2D eigenvalue weighted by Gasteiger charge is -2.43. The Kier molecular flexibility index (Phi) is 6.71. The second-order valence-corrected chi connectivity index (χ2v) is 12.1. The highest BCUT2D eigenvalue weighted by Gasteiger charge is 2.48. The van der Waals surface area contributed by atoms with Crippen molar-refractivity contribution in [2.24, 2.45) is 5.41 Å². The van der Waals surface area contributed by atoms with Gasteiger partial charge < -0.3 is 19.7 Å². The number of aromatic amines is 1. The largest absolute Gasteiger partial charge is 0.497 e. The third-order valence-corrected chi connectivity index (χ3v) is 8.21. The highest BCUT2D eigenvalue weighted by atomic mass is 16.6. The summed E-state index contributed by atoms with van der Waals surface area (Å²) in [6.07, 6.45) is 3.94. The number of benzene rings is 2. The number of nitrogens with one attached hydrogen (secondary N) is 2. The second kappa shape index (κ2) is 10.2. The van der Waals surface area contributed by atoms with E-state index < -0.39 is 5.60 Å². The summed E-state index contributed by atoms with van der Waals surface area (Å²) in [4.78, 5) is 37.1. The minimum absolute atomic E-state index is 0.112. The molecule has 0 radical (unpaired) electrons. The molecule has 10 heteroatoms. The van der Waals surface area contributed by atoms with E-state index in [-0.39, 0.29) is 23.1 Å². The molecule has 0 saturated carbocycles. The average molecular weight is 557 g/mol. The van der Waals surface area contributed by atoms with E-state index in [0.717, 1.165) is 49.5 Å². The molecule has 2 aromatic heterocycles. The van der Waals surface area contributed by atoms with Crippen LogP contribution in [0.3, 0.4) is 0 Å². The summed E-state index contributed by atoms with van der Waals surface area (Å²) in [7, 11) is 1.63. The molecule has 6 rings (SSSR count). The number of hydrogen-bond donors (Lipinski definition) is 2. The summed E-state index contributed by atoms with van der Waals surface area (Å²) in [6, 6.07) is 16.0. The van der Waals surface area contributed by atoms with Crippen LogP contribution in [0.25, 0.3) is 11.2 Å². The third-order valence-electron chi connectivity index (χ3n) is 8.21. The number of carbonyl (C=O) groups is 1. The number of methoxy groups -OCH3 is 1. The Balaban J connectivity index is 1.22. The Morgan fingerprint density at radius 2 is 1.85 bits per heavy atom. The van der Waals surface area contributed by atoms with Crippen LogP contribution >= 0.6 is 0 Å². The number of anilines is 1. The van der Waals surface area contributed by atoms with Crippen molar-refractivity contribution >= 4 is 23.1 Å². The molecular weight excluding hydrogens is 520 g/mol. The van der Waals surface area contributed by atoms with Gasteiger partial charge in [-0.15, -0.1) is 0 Å². The Hall–Kier alpha value is -4.34. The van der Waals surface area contributed by atoms with Gasteiger partial charge in [-0.2, -0.15) is 0 Å². The van der Waals surface area contributed by atoms with Crippen LogP contribution in [0, 0.1) is 5.41 Å². The van der Waals surface area contributed by atoms with E-state index >= 15 is 0 Å². The van der Waals surface area contributed by atoms with Crippen LogP contribution in [0.4, 0.5) is 10.6 Å². The zero-order valence-electron chi connectivity index (χ0n) is 23.9. The van der Waals surface area contributed by atoms with Gasteiger partial charge in [-0.25, -0.2) is 14.8 Å². The van der Waals surface area contributed by atoms with E-state index in [9.17, 15) is 9.59 Å². The van der Waals surface area contributed by atoms with E-state index in [1.807, 2.05) is 51.1 Å². The normalized spacial score (nSPS) is 18.0.